The Hall–Kier alpha value is -1.53. The number of amides is 1. The molecule has 0 saturated carbocycles. The molecule has 1 rings (SSSR count). The van der Waals surface area contributed by atoms with E-state index in [9.17, 15) is 18.7 Å². The molecule has 1 aromatic carbocycles. The molecule has 1 N–H and O–H groups in total. The average Bonchev–Trinajstić information content (AvgIpc) is 2.27. The zero-order chi connectivity index (χ0) is 13.0. The molecule has 0 aromatic heterocycles. The van der Waals surface area contributed by atoms with E-state index in [4.69, 9.17) is 0 Å². The van der Waals surface area contributed by atoms with E-state index in [1.54, 1.807) is 0 Å². The van der Waals surface area contributed by atoms with E-state index in [1.165, 1.54) is 14.2 Å². The molecule has 6 heteroatoms. The Morgan fingerprint density at radius 2 is 2.18 bits per heavy atom. The van der Waals surface area contributed by atoms with E-state index in [-0.39, 0.29) is 12.0 Å². The molecule has 1 atom stereocenters. The maximum Gasteiger partial charge on any atom is 0.248 e. The van der Waals surface area contributed by atoms with Crippen LogP contribution in [0.3, 0.4) is 0 Å². The summed E-state index contributed by atoms with van der Waals surface area (Å²) in [5.74, 6) is -2.13. The van der Waals surface area contributed by atoms with Crippen molar-refractivity contribution < 1.29 is 23.5 Å². The maximum absolute atomic E-state index is 13.3. The highest BCUT2D eigenvalue weighted by molar-refractivity contribution is 5.75. The highest BCUT2D eigenvalue weighted by Crippen LogP contribution is 2.21. The second-order valence-electron chi connectivity index (χ2n) is 3.46. The molecule has 1 aromatic rings. The molecule has 0 bridgehead atoms. The van der Waals surface area contributed by atoms with E-state index in [0.29, 0.717) is 6.07 Å². The van der Waals surface area contributed by atoms with Crippen LogP contribution < -0.4 is 0 Å². The average molecular weight is 245 g/mol. The monoisotopic (exact) mass is 245 g/mol. The van der Waals surface area contributed by atoms with E-state index >= 15 is 0 Å². The summed E-state index contributed by atoms with van der Waals surface area (Å²) in [5, 5.41) is 10.6. The van der Waals surface area contributed by atoms with Gasteiger partial charge in [0.1, 0.15) is 11.6 Å². The Labute approximate surface area is 97.4 Å². The van der Waals surface area contributed by atoms with Crippen LogP contribution in [0.2, 0.25) is 0 Å². The fourth-order valence-electron chi connectivity index (χ4n) is 1.28. The number of benzene rings is 1. The summed E-state index contributed by atoms with van der Waals surface area (Å²) >= 11 is 0. The Morgan fingerprint density at radius 3 is 2.71 bits per heavy atom. The van der Waals surface area contributed by atoms with Crippen LogP contribution in [-0.4, -0.2) is 30.2 Å². The molecule has 0 aliphatic carbocycles. The lowest BCUT2D eigenvalue weighted by atomic mass is 10.1. The molecular weight excluding hydrogens is 232 g/mol. The molecule has 1 unspecified atom stereocenters. The van der Waals surface area contributed by atoms with Crippen molar-refractivity contribution in [3.8, 4) is 0 Å². The largest absolute Gasteiger partial charge is 0.388 e. The van der Waals surface area contributed by atoms with Gasteiger partial charge < -0.3 is 5.11 Å². The third-order valence-corrected chi connectivity index (χ3v) is 2.31. The first-order chi connectivity index (χ1) is 7.95. The van der Waals surface area contributed by atoms with Gasteiger partial charge in [-0.15, -0.1) is 0 Å². The molecule has 1 amide bonds. The van der Waals surface area contributed by atoms with E-state index in [0.717, 1.165) is 17.2 Å². The highest BCUT2D eigenvalue weighted by Gasteiger charge is 2.19. The number of halogens is 2. The maximum atomic E-state index is 13.3. The van der Waals surface area contributed by atoms with Gasteiger partial charge in [0.2, 0.25) is 5.91 Å². The van der Waals surface area contributed by atoms with Gasteiger partial charge in [-0.1, -0.05) is 6.07 Å². The predicted molar refractivity (Wildman–Crippen MR) is 55.7 cm³/mol. The van der Waals surface area contributed by atoms with Gasteiger partial charge in [0.25, 0.3) is 0 Å². The minimum Gasteiger partial charge on any atom is -0.388 e. The lowest BCUT2D eigenvalue weighted by Gasteiger charge is -2.16. The van der Waals surface area contributed by atoms with Crippen LogP contribution >= 0.6 is 0 Å². The van der Waals surface area contributed by atoms with Crippen molar-refractivity contribution in [1.82, 2.24) is 5.06 Å². The number of aliphatic hydroxyl groups is 1. The molecule has 4 nitrogen and oxygen atoms in total. The topological polar surface area (TPSA) is 49.8 Å². The standard InChI is InChI=1S/C11H13F2NO3/c1-14(17-2)11(16)6-10(15)8-4-3-7(12)5-9(8)13/h3-5,10,15H,6H2,1-2H3. The number of aliphatic hydroxyl groups excluding tert-OH is 1. The molecule has 0 aliphatic heterocycles. The minimum atomic E-state index is -1.33. The molecule has 0 fully saturated rings. The molecule has 0 saturated heterocycles. The minimum absolute atomic E-state index is 0.121. The fraction of sp³-hybridized carbons (Fsp3) is 0.364. The van der Waals surface area contributed by atoms with Crippen LogP contribution in [0.5, 0.6) is 0 Å². The normalized spacial score (nSPS) is 12.3. The van der Waals surface area contributed by atoms with Crippen LogP contribution in [0.15, 0.2) is 18.2 Å². The second kappa shape index (κ2) is 5.70. The SMILES string of the molecule is CON(C)C(=O)CC(O)c1ccc(F)cc1F. The summed E-state index contributed by atoms with van der Waals surface area (Å²) in [6, 6.07) is 2.78. The van der Waals surface area contributed by atoms with E-state index in [1.807, 2.05) is 0 Å². The van der Waals surface area contributed by atoms with E-state index < -0.39 is 23.6 Å². The van der Waals surface area contributed by atoms with Crippen molar-refractivity contribution >= 4 is 5.91 Å². The molecular formula is C11H13F2NO3. The van der Waals surface area contributed by atoms with Gasteiger partial charge in [-0.2, -0.15) is 0 Å². The number of carbonyl (C=O) groups is 1. The van der Waals surface area contributed by atoms with Crippen molar-refractivity contribution in [1.29, 1.82) is 0 Å². The quantitative estimate of drug-likeness (QED) is 0.816. The number of hydroxylamine groups is 2. The predicted octanol–water partition coefficient (Wildman–Crippen LogP) is 1.41. The Bertz CT molecular complexity index is 412. The summed E-state index contributed by atoms with van der Waals surface area (Å²) in [5.41, 5.74) is -0.121. The number of carbonyl (C=O) groups excluding carboxylic acids is 1. The molecule has 17 heavy (non-hydrogen) atoms. The fourth-order valence-corrected chi connectivity index (χ4v) is 1.28. The van der Waals surface area contributed by atoms with Crippen molar-refractivity contribution in [2.75, 3.05) is 14.2 Å². The molecule has 0 aliphatic rings. The zero-order valence-electron chi connectivity index (χ0n) is 9.48. The van der Waals surface area contributed by atoms with Crippen LogP contribution in [0.25, 0.3) is 0 Å². The van der Waals surface area contributed by atoms with Gasteiger partial charge >= 0.3 is 0 Å². The smallest absolute Gasteiger partial charge is 0.248 e. The van der Waals surface area contributed by atoms with Gasteiger partial charge in [-0.05, 0) is 6.07 Å². The van der Waals surface area contributed by atoms with Crippen LogP contribution in [0, 0.1) is 11.6 Å². The highest BCUT2D eigenvalue weighted by atomic mass is 19.1. The first-order valence-electron chi connectivity index (χ1n) is 4.89. The summed E-state index contributed by atoms with van der Waals surface area (Å²) in [6.07, 6.45) is -1.67. The Kier molecular flexibility index (Phi) is 4.53. The second-order valence-corrected chi connectivity index (χ2v) is 3.46. The van der Waals surface area contributed by atoms with Crippen molar-refractivity contribution in [3.63, 3.8) is 0 Å². The first kappa shape index (κ1) is 13.5. The van der Waals surface area contributed by atoms with Crippen molar-refractivity contribution in [2.45, 2.75) is 12.5 Å². The number of rotatable bonds is 4. The lowest BCUT2D eigenvalue weighted by Crippen LogP contribution is -2.27. The molecule has 0 heterocycles. The van der Waals surface area contributed by atoms with Crippen LogP contribution in [0.4, 0.5) is 8.78 Å². The Morgan fingerprint density at radius 1 is 1.53 bits per heavy atom. The summed E-state index contributed by atoms with van der Waals surface area (Å²) in [4.78, 5) is 16.0. The van der Waals surface area contributed by atoms with Crippen LogP contribution in [0.1, 0.15) is 18.1 Å². The van der Waals surface area contributed by atoms with Crippen molar-refractivity contribution in [2.24, 2.45) is 0 Å². The molecule has 0 radical (unpaired) electrons. The number of hydrogen-bond acceptors (Lipinski definition) is 3. The number of nitrogens with zero attached hydrogens (tertiary/aromatic N) is 1. The van der Waals surface area contributed by atoms with Gasteiger partial charge in [-0.25, -0.2) is 13.8 Å². The van der Waals surface area contributed by atoms with Crippen molar-refractivity contribution in [3.05, 3.63) is 35.4 Å². The molecule has 0 spiro atoms. The summed E-state index contributed by atoms with van der Waals surface area (Å²) < 4.78 is 25.9. The van der Waals surface area contributed by atoms with Gasteiger partial charge in [0.05, 0.1) is 19.6 Å². The zero-order valence-corrected chi connectivity index (χ0v) is 9.48. The third-order valence-electron chi connectivity index (χ3n) is 2.31. The lowest BCUT2D eigenvalue weighted by molar-refractivity contribution is -0.170. The third kappa shape index (κ3) is 3.47. The van der Waals surface area contributed by atoms with Gasteiger partial charge in [0, 0.05) is 18.7 Å². The number of hydrogen-bond donors (Lipinski definition) is 1. The summed E-state index contributed by atoms with van der Waals surface area (Å²) in [6.45, 7) is 0. The molecule has 94 valence electrons. The van der Waals surface area contributed by atoms with Gasteiger partial charge in [-0.3, -0.25) is 9.63 Å². The van der Waals surface area contributed by atoms with Crippen LogP contribution in [-0.2, 0) is 9.63 Å². The van der Waals surface area contributed by atoms with E-state index in [2.05, 4.69) is 4.84 Å². The Balaban J connectivity index is 2.76. The summed E-state index contributed by atoms with van der Waals surface area (Å²) in [7, 11) is 2.67. The van der Waals surface area contributed by atoms with Gasteiger partial charge in [0.15, 0.2) is 0 Å². The first-order valence-corrected chi connectivity index (χ1v) is 4.89.